The molecular formula is C16H8Cl2F2N4O. The lowest BCUT2D eigenvalue weighted by molar-refractivity contribution is -0.0494. The second kappa shape index (κ2) is 6.09. The molecule has 0 atom stereocenters. The van der Waals surface area contributed by atoms with E-state index in [0.717, 1.165) is 5.39 Å². The van der Waals surface area contributed by atoms with Crippen LogP contribution in [0.4, 0.5) is 8.78 Å². The van der Waals surface area contributed by atoms with E-state index >= 15 is 0 Å². The molecule has 0 saturated heterocycles. The molecule has 2 heterocycles. The molecule has 0 N–H and O–H groups in total. The summed E-state index contributed by atoms with van der Waals surface area (Å²) in [4.78, 5) is 8.68. The number of para-hydroxylation sites is 1. The molecule has 0 radical (unpaired) electrons. The number of hydrogen-bond donors (Lipinski definition) is 0. The Balaban J connectivity index is 1.97. The highest BCUT2D eigenvalue weighted by Gasteiger charge is 2.18. The first-order valence-corrected chi connectivity index (χ1v) is 7.84. The summed E-state index contributed by atoms with van der Waals surface area (Å²) in [7, 11) is 0. The Morgan fingerprint density at radius 2 is 1.84 bits per heavy atom. The summed E-state index contributed by atoms with van der Waals surface area (Å²) >= 11 is 12.0. The van der Waals surface area contributed by atoms with Crippen molar-refractivity contribution in [2.45, 2.75) is 6.61 Å². The molecule has 0 amide bonds. The van der Waals surface area contributed by atoms with E-state index in [0.29, 0.717) is 11.2 Å². The van der Waals surface area contributed by atoms with Gasteiger partial charge in [-0.1, -0.05) is 23.7 Å². The van der Waals surface area contributed by atoms with E-state index < -0.39 is 6.61 Å². The highest BCUT2D eigenvalue weighted by Crippen LogP contribution is 2.33. The van der Waals surface area contributed by atoms with Gasteiger partial charge >= 0.3 is 6.61 Å². The van der Waals surface area contributed by atoms with Crippen LogP contribution in [0.3, 0.4) is 0 Å². The maximum Gasteiger partial charge on any atom is 0.387 e. The lowest BCUT2D eigenvalue weighted by atomic mass is 10.2. The molecule has 0 saturated carbocycles. The molecule has 5 nitrogen and oxygen atoms in total. The van der Waals surface area contributed by atoms with Crippen molar-refractivity contribution >= 4 is 39.8 Å². The van der Waals surface area contributed by atoms with Crippen molar-refractivity contribution in [2.24, 2.45) is 0 Å². The smallest absolute Gasteiger partial charge is 0.387 e. The Hall–Kier alpha value is -2.51. The van der Waals surface area contributed by atoms with E-state index in [9.17, 15) is 8.78 Å². The first kappa shape index (κ1) is 16.0. The van der Waals surface area contributed by atoms with Crippen LogP contribution in [0.1, 0.15) is 0 Å². The Labute approximate surface area is 149 Å². The monoisotopic (exact) mass is 380 g/mol. The summed E-state index contributed by atoms with van der Waals surface area (Å²) in [5, 5.41) is 5.37. The molecule has 4 aromatic rings. The standard InChI is InChI=1S/C16H8Cl2F2N4O/c17-8-5-6-10(12(7-8)25-16(19)20)13-22-14-9-3-1-2-4-11(9)21-15(18)24(14)23-13/h1-7,16H. The van der Waals surface area contributed by atoms with Gasteiger partial charge in [0, 0.05) is 10.4 Å². The minimum Gasteiger partial charge on any atom is -0.434 e. The van der Waals surface area contributed by atoms with E-state index in [-0.39, 0.29) is 27.4 Å². The number of rotatable bonds is 3. The third-order valence-electron chi connectivity index (χ3n) is 3.54. The maximum atomic E-state index is 12.7. The van der Waals surface area contributed by atoms with Crippen LogP contribution >= 0.6 is 23.2 Å². The average Bonchev–Trinajstić information content (AvgIpc) is 3.00. The zero-order chi connectivity index (χ0) is 17.6. The van der Waals surface area contributed by atoms with Crippen molar-refractivity contribution in [1.29, 1.82) is 0 Å². The molecule has 0 aliphatic heterocycles. The molecule has 2 aromatic carbocycles. The molecule has 2 aromatic heterocycles. The molecule has 0 fully saturated rings. The molecule has 0 spiro atoms. The molecule has 0 aliphatic rings. The van der Waals surface area contributed by atoms with Gasteiger partial charge in [0.05, 0.1) is 11.1 Å². The average molecular weight is 381 g/mol. The molecule has 4 rings (SSSR count). The van der Waals surface area contributed by atoms with Gasteiger partial charge in [0.2, 0.25) is 5.28 Å². The first-order chi connectivity index (χ1) is 12.0. The number of fused-ring (bicyclic) bond motifs is 3. The van der Waals surface area contributed by atoms with Gasteiger partial charge in [-0.15, -0.1) is 5.10 Å². The Kier molecular flexibility index (Phi) is 3.89. The summed E-state index contributed by atoms with van der Waals surface area (Å²) in [6, 6.07) is 11.6. The van der Waals surface area contributed by atoms with Gasteiger partial charge in [0.1, 0.15) is 5.75 Å². The van der Waals surface area contributed by atoms with E-state index in [1.165, 1.54) is 16.6 Å². The fraction of sp³-hybridized carbons (Fsp3) is 0.0625. The van der Waals surface area contributed by atoms with Crippen LogP contribution in [0, 0.1) is 0 Å². The summed E-state index contributed by atoms with van der Waals surface area (Å²) in [6.45, 7) is -3.00. The van der Waals surface area contributed by atoms with Crippen LogP contribution in [-0.4, -0.2) is 26.2 Å². The predicted octanol–water partition coefficient (Wildman–Crippen LogP) is 4.85. The fourth-order valence-corrected chi connectivity index (χ4v) is 2.88. The van der Waals surface area contributed by atoms with Crippen molar-refractivity contribution in [2.75, 3.05) is 0 Å². The largest absolute Gasteiger partial charge is 0.434 e. The van der Waals surface area contributed by atoms with Crippen LogP contribution in [0.5, 0.6) is 5.75 Å². The number of nitrogens with zero attached hydrogens (tertiary/aromatic N) is 4. The minimum atomic E-state index is -3.00. The highest BCUT2D eigenvalue weighted by molar-refractivity contribution is 6.30. The van der Waals surface area contributed by atoms with E-state index in [2.05, 4.69) is 19.8 Å². The van der Waals surface area contributed by atoms with Crippen LogP contribution in [0.25, 0.3) is 27.9 Å². The third-order valence-corrected chi connectivity index (χ3v) is 4.02. The van der Waals surface area contributed by atoms with Gasteiger partial charge in [-0.25, -0.2) is 9.97 Å². The number of alkyl halides is 2. The van der Waals surface area contributed by atoms with Gasteiger partial charge in [0.15, 0.2) is 11.5 Å². The number of halogens is 4. The SMILES string of the molecule is FC(F)Oc1cc(Cl)ccc1-c1nc2c3ccccc3nc(Cl)n2n1. The number of ether oxygens (including phenoxy) is 1. The zero-order valence-electron chi connectivity index (χ0n) is 12.3. The van der Waals surface area contributed by atoms with Crippen molar-refractivity contribution in [3.63, 3.8) is 0 Å². The lowest BCUT2D eigenvalue weighted by Gasteiger charge is -2.08. The van der Waals surface area contributed by atoms with Gasteiger partial charge < -0.3 is 4.74 Å². The number of benzene rings is 2. The third kappa shape index (κ3) is 2.85. The predicted molar refractivity (Wildman–Crippen MR) is 90.4 cm³/mol. The van der Waals surface area contributed by atoms with Crippen LogP contribution in [0.15, 0.2) is 42.5 Å². The minimum absolute atomic E-state index is 0.109. The van der Waals surface area contributed by atoms with Crippen molar-refractivity contribution < 1.29 is 13.5 Å². The molecule has 0 unspecified atom stereocenters. The summed E-state index contributed by atoms with van der Waals surface area (Å²) < 4.78 is 31.3. The van der Waals surface area contributed by atoms with Gasteiger partial charge in [0.25, 0.3) is 0 Å². The Bertz CT molecular complexity index is 1100. The van der Waals surface area contributed by atoms with Crippen LogP contribution in [0.2, 0.25) is 10.3 Å². The second-order valence-corrected chi connectivity index (χ2v) is 5.86. The molecule has 0 aliphatic carbocycles. The summed E-state index contributed by atoms with van der Waals surface area (Å²) in [5.74, 6) is 0.0548. The molecule has 0 bridgehead atoms. The topological polar surface area (TPSA) is 52.3 Å². The Morgan fingerprint density at radius 1 is 1.04 bits per heavy atom. The van der Waals surface area contributed by atoms with Gasteiger partial charge in [-0.2, -0.15) is 13.3 Å². The Morgan fingerprint density at radius 3 is 2.64 bits per heavy atom. The number of hydrogen-bond acceptors (Lipinski definition) is 4. The van der Waals surface area contributed by atoms with Crippen LogP contribution in [-0.2, 0) is 0 Å². The summed E-state index contributed by atoms with van der Waals surface area (Å²) in [6.07, 6.45) is 0. The quantitative estimate of drug-likeness (QED) is 0.476. The molecule has 9 heteroatoms. The van der Waals surface area contributed by atoms with E-state index in [4.69, 9.17) is 23.2 Å². The normalized spacial score (nSPS) is 11.6. The molecule has 126 valence electrons. The highest BCUT2D eigenvalue weighted by atomic mass is 35.5. The number of aromatic nitrogens is 4. The first-order valence-electron chi connectivity index (χ1n) is 7.08. The van der Waals surface area contributed by atoms with Crippen molar-refractivity contribution in [1.82, 2.24) is 19.6 Å². The van der Waals surface area contributed by atoms with Crippen molar-refractivity contribution in [3.8, 4) is 17.1 Å². The maximum absolute atomic E-state index is 12.7. The lowest BCUT2D eigenvalue weighted by Crippen LogP contribution is -2.03. The molecular weight excluding hydrogens is 373 g/mol. The van der Waals surface area contributed by atoms with Crippen LogP contribution < -0.4 is 4.74 Å². The van der Waals surface area contributed by atoms with E-state index in [1.54, 1.807) is 12.1 Å². The molecule has 25 heavy (non-hydrogen) atoms. The second-order valence-electron chi connectivity index (χ2n) is 5.09. The summed E-state index contributed by atoms with van der Waals surface area (Å²) in [5.41, 5.74) is 1.39. The fourth-order valence-electron chi connectivity index (χ4n) is 2.51. The van der Waals surface area contributed by atoms with Gasteiger partial charge in [-0.3, -0.25) is 0 Å². The van der Waals surface area contributed by atoms with Crippen molar-refractivity contribution in [3.05, 3.63) is 52.8 Å². The van der Waals surface area contributed by atoms with Gasteiger partial charge in [-0.05, 0) is 41.9 Å². The van der Waals surface area contributed by atoms with E-state index in [1.807, 2.05) is 18.2 Å². The zero-order valence-corrected chi connectivity index (χ0v) is 13.8.